The Morgan fingerprint density at radius 3 is 2.18 bits per heavy atom. The molecule has 0 aliphatic heterocycles. The van der Waals surface area contributed by atoms with Crippen LogP contribution in [0.3, 0.4) is 0 Å². The number of nitrogens with one attached hydrogen (secondary N) is 1. The van der Waals surface area contributed by atoms with E-state index in [-0.39, 0.29) is 11.9 Å². The second-order valence-corrected chi connectivity index (χ2v) is 10.5. The predicted octanol–water partition coefficient (Wildman–Crippen LogP) is 6.69. The van der Waals surface area contributed by atoms with Crippen molar-refractivity contribution in [3.63, 3.8) is 0 Å². The van der Waals surface area contributed by atoms with Crippen LogP contribution in [0.5, 0.6) is 17.2 Å². The average Bonchev–Trinajstić information content (AvgIpc) is 3.10. The van der Waals surface area contributed by atoms with Gasteiger partial charge in [-0.3, -0.25) is 4.79 Å². The third kappa shape index (κ3) is 5.00. The van der Waals surface area contributed by atoms with Crippen molar-refractivity contribution in [2.45, 2.75) is 44.6 Å². The van der Waals surface area contributed by atoms with Gasteiger partial charge in [0.25, 0.3) is 5.91 Å². The smallest absolute Gasteiger partial charge is 0.263 e. The number of nitrogen functional groups attached to an aromatic ring is 1. The minimum absolute atomic E-state index is 0.130. The molecule has 2 aromatic heterocycles. The van der Waals surface area contributed by atoms with Gasteiger partial charge < -0.3 is 25.3 Å². The fourth-order valence-corrected chi connectivity index (χ4v) is 6.21. The number of ether oxygens (including phenoxy) is 3. The predicted molar refractivity (Wildman–Crippen MR) is 154 cm³/mol. The first-order valence-electron chi connectivity index (χ1n) is 12.9. The Morgan fingerprint density at radius 2 is 1.58 bits per heavy atom. The Morgan fingerprint density at radius 1 is 0.921 bits per heavy atom. The summed E-state index contributed by atoms with van der Waals surface area (Å²) >= 11 is 1.34. The Bertz CT molecular complexity index is 1420. The van der Waals surface area contributed by atoms with Gasteiger partial charge in [-0.25, -0.2) is 4.98 Å². The third-order valence-corrected chi connectivity index (χ3v) is 8.24. The fourth-order valence-electron chi connectivity index (χ4n) is 5.19. The van der Waals surface area contributed by atoms with E-state index < -0.39 is 0 Å². The molecule has 2 aromatic carbocycles. The largest absolute Gasteiger partial charge is 0.493 e. The van der Waals surface area contributed by atoms with Gasteiger partial charge in [-0.2, -0.15) is 0 Å². The summed E-state index contributed by atoms with van der Waals surface area (Å²) in [6.45, 7) is 0. The van der Waals surface area contributed by atoms with E-state index in [1.165, 1.54) is 24.2 Å². The molecule has 7 nitrogen and oxygen atoms in total. The molecule has 2 heterocycles. The molecular weight excluding hydrogens is 498 g/mol. The Hall–Kier alpha value is -3.78. The summed E-state index contributed by atoms with van der Waals surface area (Å²) in [5, 5.41) is 3.99. The normalized spacial score (nSPS) is 14.2. The van der Waals surface area contributed by atoms with Gasteiger partial charge in [-0.15, -0.1) is 11.3 Å². The van der Waals surface area contributed by atoms with Gasteiger partial charge in [-0.1, -0.05) is 56.0 Å². The van der Waals surface area contributed by atoms with Crippen LogP contribution in [-0.2, 0) is 0 Å². The zero-order valence-electron chi connectivity index (χ0n) is 22.0. The number of amides is 1. The number of nitrogens with zero attached hydrogens (tertiary/aromatic N) is 1. The van der Waals surface area contributed by atoms with Crippen LogP contribution < -0.4 is 25.3 Å². The van der Waals surface area contributed by atoms with Crippen LogP contribution in [0, 0.1) is 0 Å². The van der Waals surface area contributed by atoms with E-state index in [1.807, 2.05) is 48.5 Å². The van der Waals surface area contributed by atoms with Crippen LogP contribution in [0.1, 0.15) is 48.2 Å². The summed E-state index contributed by atoms with van der Waals surface area (Å²) in [5.41, 5.74) is 10.6. The number of hydrogen-bond donors (Lipinski definition) is 2. The molecule has 1 saturated carbocycles. The van der Waals surface area contributed by atoms with Crippen LogP contribution in [0.25, 0.3) is 32.6 Å². The van der Waals surface area contributed by atoms with Crippen molar-refractivity contribution in [3.8, 4) is 39.6 Å². The van der Waals surface area contributed by atoms with E-state index >= 15 is 0 Å². The van der Waals surface area contributed by atoms with Gasteiger partial charge in [0, 0.05) is 17.0 Å². The molecule has 1 aliphatic carbocycles. The average molecular weight is 532 g/mol. The van der Waals surface area contributed by atoms with Crippen molar-refractivity contribution < 1.29 is 19.0 Å². The maximum absolute atomic E-state index is 13.4. The number of nitrogens with two attached hydrogens (primary N) is 1. The highest BCUT2D eigenvalue weighted by Gasteiger charge is 2.25. The van der Waals surface area contributed by atoms with Gasteiger partial charge in [0.1, 0.15) is 9.71 Å². The standard InChI is InChI=1S/C30H33N3O4S/c1-35-23-15-19(16-24(36-2)27(23)37-3)21-17-22(18-11-7-6-8-12-18)33-30-25(21)26(31)28(38-30)29(34)32-20-13-9-4-5-10-14-20/h6-8,11-12,15-17,20H,4-5,9-10,13-14,31H2,1-3H3,(H,32,34). The van der Waals surface area contributed by atoms with Crippen molar-refractivity contribution in [2.75, 3.05) is 27.1 Å². The molecule has 5 rings (SSSR count). The van der Waals surface area contributed by atoms with Gasteiger partial charge in [0.15, 0.2) is 11.5 Å². The molecule has 3 N–H and O–H groups in total. The Balaban J connectivity index is 1.68. The first kappa shape index (κ1) is 25.9. The highest BCUT2D eigenvalue weighted by molar-refractivity contribution is 7.21. The molecule has 1 aliphatic rings. The molecule has 8 heteroatoms. The topological polar surface area (TPSA) is 95.7 Å². The minimum Gasteiger partial charge on any atom is -0.493 e. The van der Waals surface area contributed by atoms with Crippen LogP contribution >= 0.6 is 11.3 Å². The first-order valence-corrected chi connectivity index (χ1v) is 13.7. The molecule has 0 bridgehead atoms. The summed E-state index contributed by atoms with van der Waals surface area (Å²) in [4.78, 5) is 19.6. The number of fused-ring (bicyclic) bond motifs is 1. The second-order valence-electron chi connectivity index (χ2n) is 9.52. The van der Waals surface area contributed by atoms with Crippen LogP contribution in [-0.4, -0.2) is 38.3 Å². The summed E-state index contributed by atoms with van der Waals surface area (Å²) in [6.07, 6.45) is 6.73. The number of carbonyl (C=O) groups excluding carboxylic acids is 1. The first-order chi connectivity index (χ1) is 18.5. The molecule has 0 spiro atoms. The zero-order chi connectivity index (χ0) is 26.6. The van der Waals surface area contributed by atoms with E-state index in [2.05, 4.69) is 5.32 Å². The summed E-state index contributed by atoms with van der Waals surface area (Å²) in [7, 11) is 4.76. The summed E-state index contributed by atoms with van der Waals surface area (Å²) in [5.74, 6) is 1.45. The third-order valence-electron chi connectivity index (χ3n) is 7.14. The van der Waals surface area contributed by atoms with E-state index in [1.54, 1.807) is 21.3 Å². The SMILES string of the molecule is COc1cc(-c2cc(-c3ccccc3)nc3sc(C(=O)NC4CCCCCC4)c(N)c23)cc(OC)c1OC. The highest BCUT2D eigenvalue weighted by Crippen LogP contribution is 2.46. The lowest BCUT2D eigenvalue weighted by molar-refractivity contribution is 0.0938. The number of thiophene rings is 1. The summed E-state index contributed by atoms with van der Waals surface area (Å²) < 4.78 is 16.8. The summed E-state index contributed by atoms with van der Waals surface area (Å²) in [6, 6.07) is 15.9. The number of hydrogen-bond acceptors (Lipinski definition) is 7. The molecule has 0 unspecified atom stereocenters. The van der Waals surface area contributed by atoms with E-state index in [0.29, 0.717) is 32.6 Å². The maximum atomic E-state index is 13.4. The number of rotatable bonds is 7. The lowest BCUT2D eigenvalue weighted by atomic mass is 9.98. The molecule has 38 heavy (non-hydrogen) atoms. The highest BCUT2D eigenvalue weighted by atomic mass is 32.1. The molecule has 198 valence electrons. The van der Waals surface area contributed by atoms with Crippen molar-refractivity contribution in [1.29, 1.82) is 0 Å². The van der Waals surface area contributed by atoms with Crippen LogP contribution in [0.4, 0.5) is 5.69 Å². The van der Waals surface area contributed by atoms with Crippen molar-refractivity contribution in [1.82, 2.24) is 10.3 Å². The molecule has 1 fully saturated rings. The zero-order valence-corrected chi connectivity index (χ0v) is 22.8. The number of pyridine rings is 1. The van der Waals surface area contributed by atoms with Crippen molar-refractivity contribution in [2.24, 2.45) is 0 Å². The van der Waals surface area contributed by atoms with E-state index in [9.17, 15) is 4.79 Å². The lowest BCUT2D eigenvalue weighted by Gasteiger charge is -2.16. The number of aromatic nitrogens is 1. The number of carbonyl (C=O) groups is 1. The molecule has 4 aromatic rings. The van der Waals surface area contributed by atoms with Crippen molar-refractivity contribution >= 4 is 33.1 Å². The molecule has 1 amide bonds. The number of benzene rings is 2. The van der Waals surface area contributed by atoms with Gasteiger partial charge in [-0.05, 0) is 42.2 Å². The minimum atomic E-state index is -0.130. The molecule has 0 saturated heterocycles. The molecule has 0 radical (unpaired) electrons. The molecular formula is C30H33N3O4S. The van der Waals surface area contributed by atoms with Gasteiger partial charge in [0.05, 0.1) is 32.7 Å². The van der Waals surface area contributed by atoms with E-state index in [0.717, 1.165) is 53.5 Å². The Labute approximate surface area is 226 Å². The maximum Gasteiger partial charge on any atom is 0.263 e. The monoisotopic (exact) mass is 531 g/mol. The van der Waals surface area contributed by atoms with Gasteiger partial charge in [0.2, 0.25) is 5.75 Å². The van der Waals surface area contributed by atoms with Crippen LogP contribution in [0.15, 0.2) is 48.5 Å². The van der Waals surface area contributed by atoms with Crippen molar-refractivity contribution in [3.05, 3.63) is 53.4 Å². The lowest BCUT2D eigenvalue weighted by Crippen LogP contribution is -2.34. The second kappa shape index (κ2) is 11.3. The molecule has 0 atom stereocenters. The fraction of sp³-hybridized carbons (Fsp3) is 0.333. The number of methoxy groups -OCH3 is 3. The van der Waals surface area contributed by atoms with Gasteiger partial charge >= 0.3 is 0 Å². The Kier molecular flexibility index (Phi) is 7.69. The van der Waals surface area contributed by atoms with Crippen LogP contribution in [0.2, 0.25) is 0 Å². The quantitative estimate of drug-likeness (QED) is 0.258. The number of anilines is 1. The van der Waals surface area contributed by atoms with E-state index in [4.69, 9.17) is 24.9 Å².